The number of aromatic nitrogens is 2. The standard InChI is InChI=1S/C133H161BN4/c1-123(2,3)74-85-38-34-42-94(58-85)102-72-116(104(68-98(102)83-132(28,29)30)96-44-36-40-87(60-96)76-125(7,8)9)137-118-70-100(135-112-54-46-89(78-127(13,14)15)62-106(112)107-63-90(47-55-113(107)135)79-128(16,17)18)50-52-110(118)134-111-53-51-101(136-114-56-48-91(80-129(19,20)21)64-108(114)109-65-92(49-57-115(109)136)81-130(22,23)24)71-119(111)138(121-67-93(82-131(25,26)27)66-120(137)122(121)134)117-73-103(95-43-35-39-86(59-95)75-124(4,5)6)99(84-133(31,32)33)69-105(117)97-45-37-41-88(61-97)77-126(10,11)12/h34-73H,74-84H2,1-33H3/i78D2,79D2,80D2,81D2,82D2,83D2,84D2. The van der Waals surface area contributed by atoms with E-state index in [0.717, 1.165) is 128 Å². The van der Waals surface area contributed by atoms with Crippen molar-refractivity contribution in [2.24, 2.45) is 59.6 Å². The maximum Gasteiger partial charge on any atom is 0.252 e. The van der Waals surface area contributed by atoms with E-state index in [0.29, 0.717) is 108 Å². The van der Waals surface area contributed by atoms with Gasteiger partial charge in [-0.1, -0.05) is 362 Å². The fourth-order valence-corrected chi connectivity index (χ4v) is 21.3. The molecule has 0 saturated heterocycles. The van der Waals surface area contributed by atoms with Crippen molar-refractivity contribution in [2.75, 3.05) is 9.80 Å². The van der Waals surface area contributed by atoms with E-state index in [1.807, 2.05) is 218 Å². The molecular formula is C133H161BN4. The lowest BCUT2D eigenvalue weighted by atomic mass is 9.33. The van der Waals surface area contributed by atoms with Crippen LogP contribution in [0.2, 0.25) is 0 Å². The topological polar surface area (TPSA) is 16.3 Å². The number of fused-ring (bicyclic) bond motifs is 10. The minimum atomic E-state index is -2.18. The second kappa shape index (κ2) is 35.7. The van der Waals surface area contributed by atoms with Crippen molar-refractivity contribution in [1.29, 1.82) is 0 Å². The Hall–Kier alpha value is -10.9. The molecule has 0 aliphatic carbocycles. The second-order valence-corrected chi connectivity index (χ2v) is 52.3. The summed E-state index contributed by atoms with van der Waals surface area (Å²) in [6, 6.07) is 84.8. The fraction of sp³-hybridized carbons (Fsp3) is 0.414. The van der Waals surface area contributed by atoms with E-state index in [4.69, 9.17) is 0 Å². The van der Waals surface area contributed by atoms with Gasteiger partial charge in [0.1, 0.15) is 0 Å². The highest BCUT2D eigenvalue weighted by atomic mass is 15.2. The van der Waals surface area contributed by atoms with E-state index >= 15 is 0 Å². The van der Waals surface area contributed by atoms with Gasteiger partial charge in [-0.2, -0.15) is 0 Å². The van der Waals surface area contributed by atoms with Crippen molar-refractivity contribution in [2.45, 2.75) is 299 Å². The molecule has 5 heteroatoms. The van der Waals surface area contributed by atoms with Crippen LogP contribution >= 0.6 is 0 Å². The molecular weight excluding hydrogens is 1660 g/mol. The molecule has 2 aliphatic heterocycles. The average molecular weight is 1840 g/mol. The Balaban J connectivity index is 1.13. The molecule has 4 heterocycles. The van der Waals surface area contributed by atoms with Crippen molar-refractivity contribution in [3.63, 3.8) is 0 Å². The van der Waals surface area contributed by atoms with Crippen LogP contribution in [0.3, 0.4) is 0 Å². The molecule has 4 nitrogen and oxygen atoms in total. The summed E-state index contributed by atoms with van der Waals surface area (Å²) in [5.74, 6) is 0. The first-order valence-electron chi connectivity index (χ1n) is 57.6. The summed E-state index contributed by atoms with van der Waals surface area (Å²) in [4.78, 5) is 4.76. The van der Waals surface area contributed by atoms with E-state index in [1.54, 1.807) is 0 Å². The van der Waals surface area contributed by atoms with Crippen LogP contribution in [0.25, 0.3) is 99.5 Å². The molecule has 0 bridgehead atoms. The summed E-state index contributed by atoms with van der Waals surface area (Å²) in [7, 11) is 0. The van der Waals surface area contributed by atoms with Gasteiger partial charge in [0.25, 0.3) is 6.71 Å². The van der Waals surface area contributed by atoms with Gasteiger partial charge in [0.05, 0.1) is 33.4 Å². The SMILES string of the molecule is [2H]C([2H])(c1cc2c3c(c1)N(c1cc(-c4cccc(CC(C)(C)C)c4)c(C([2H])([2H])C(C)(C)C)cc1-c1cccc(CC(C)(C)C)c1)c1cc(-n4c5ccc(C([2H])([2H])C(C)(C)C)cc5c5cc(C([2H])([2H])C(C)(C)C)ccc54)ccc1B3c1ccc(-n3c4ccc(C([2H])([2H])C(C)(C)C)cc4c4cc(C([2H])([2H])C(C)(C)C)ccc43)cc1N2c1cc(-c2cccc(CC(C)(C)C)c2)c(C([2H])([2H])C(C)(C)C)cc1-c1cccc(CC(C)(C)C)c1)C(C)(C)C. The molecule has 0 N–H and O–H groups in total. The van der Waals surface area contributed by atoms with Crippen molar-refractivity contribution in [3.05, 3.63) is 304 Å². The third kappa shape index (κ3) is 22.3. The molecule has 17 rings (SSSR count). The molecule has 0 spiro atoms. The lowest BCUT2D eigenvalue weighted by Gasteiger charge is -2.46. The molecule has 138 heavy (non-hydrogen) atoms. The van der Waals surface area contributed by atoms with Crippen LogP contribution in [0.4, 0.5) is 34.1 Å². The molecule has 2 aliphatic rings. The van der Waals surface area contributed by atoms with Gasteiger partial charge in [-0.3, -0.25) is 0 Å². The lowest BCUT2D eigenvalue weighted by Crippen LogP contribution is -2.61. The van der Waals surface area contributed by atoms with Crippen LogP contribution in [0.1, 0.15) is 309 Å². The van der Waals surface area contributed by atoms with Gasteiger partial charge in [-0.15, -0.1) is 0 Å². The van der Waals surface area contributed by atoms with Crippen molar-refractivity contribution >= 4 is 101 Å². The van der Waals surface area contributed by atoms with Crippen molar-refractivity contribution < 1.29 is 19.2 Å². The van der Waals surface area contributed by atoms with E-state index in [2.05, 4.69) is 272 Å². The maximum absolute atomic E-state index is 11.4. The highest BCUT2D eigenvalue weighted by Crippen LogP contribution is 2.55. The Morgan fingerprint density at radius 2 is 0.471 bits per heavy atom. The third-order valence-electron chi connectivity index (χ3n) is 25.3. The molecule has 15 aromatic rings. The number of anilines is 6. The summed E-state index contributed by atoms with van der Waals surface area (Å²) >= 11 is 0. The van der Waals surface area contributed by atoms with Crippen molar-refractivity contribution in [3.8, 4) is 55.9 Å². The number of rotatable bonds is 19. The molecule has 0 radical (unpaired) electrons. The Morgan fingerprint density at radius 1 is 0.210 bits per heavy atom. The molecule has 0 unspecified atom stereocenters. The Bertz CT molecular complexity index is 7320. The quantitative estimate of drug-likeness (QED) is 0.0750. The molecule has 13 aromatic carbocycles. The van der Waals surface area contributed by atoms with Gasteiger partial charge in [-0.25, -0.2) is 0 Å². The molecule has 716 valence electrons. The highest BCUT2D eigenvalue weighted by molar-refractivity contribution is 7.00. The van der Waals surface area contributed by atoms with E-state index < -0.39 is 89.2 Å². The van der Waals surface area contributed by atoms with Crippen LogP contribution in [0, 0.1) is 59.6 Å². The smallest absolute Gasteiger partial charge is 0.252 e. The predicted molar refractivity (Wildman–Crippen MR) is 606 cm³/mol. The number of hydrogen-bond acceptors (Lipinski definition) is 2. The molecule has 0 saturated carbocycles. The summed E-state index contributed by atoms with van der Waals surface area (Å²) in [5.41, 5.74) is 17.6. The summed E-state index contributed by atoms with van der Waals surface area (Å²) in [5, 5.41) is 2.93. The van der Waals surface area contributed by atoms with Crippen LogP contribution < -0.4 is 26.2 Å². The van der Waals surface area contributed by atoms with Crippen LogP contribution in [-0.2, 0) is 70.3 Å². The first kappa shape index (κ1) is 81.9. The first-order valence-corrected chi connectivity index (χ1v) is 50.6. The Morgan fingerprint density at radius 3 is 0.732 bits per heavy atom. The maximum atomic E-state index is 11.4. The predicted octanol–water partition coefficient (Wildman–Crippen LogP) is 36.1. The molecule has 2 aromatic heterocycles. The second-order valence-electron chi connectivity index (χ2n) is 52.3. The highest BCUT2D eigenvalue weighted by Gasteiger charge is 2.46. The van der Waals surface area contributed by atoms with Crippen molar-refractivity contribution in [1.82, 2.24) is 9.13 Å². The third-order valence-corrected chi connectivity index (χ3v) is 25.3. The van der Waals surface area contributed by atoms with Crippen LogP contribution in [0.5, 0.6) is 0 Å². The number of nitrogens with zero attached hydrogens (tertiary/aromatic N) is 4. The van der Waals surface area contributed by atoms with Gasteiger partial charge >= 0.3 is 0 Å². The van der Waals surface area contributed by atoms with Crippen LogP contribution in [-0.4, -0.2) is 15.8 Å². The zero-order valence-electron chi connectivity index (χ0n) is 103. The minimum absolute atomic E-state index is 0.145. The fourth-order valence-electron chi connectivity index (χ4n) is 21.3. The minimum Gasteiger partial charge on any atom is -0.311 e. The van der Waals surface area contributed by atoms with Gasteiger partial charge in [-0.05, 0) is 350 Å². The largest absolute Gasteiger partial charge is 0.311 e. The molecule has 0 atom stereocenters. The number of hydrogen-bond donors (Lipinski definition) is 0. The average Bonchev–Trinajstić information content (AvgIpc) is 0.797. The van der Waals surface area contributed by atoms with Gasteiger partial charge in [0, 0.05) is 86.0 Å². The number of benzene rings is 13. The van der Waals surface area contributed by atoms with E-state index in [-0.39, 0.29) is 21.7 Å². The molecule has 0 amide bonds. The van der Waals surface area contributed by atoms with Crippen LogP contribution in [0.15, 0.2) is 243 Å². The monoisotopic (exact) mass is 1840 g/mol. The van der Waals surface area contributed by atoms with Gasteiger partial charge in [0.15, 0.2) is 0 Å². The normalized spacial score (nSPS) is 16.1. The summed E-state index contributed by atoms with van der Waals surface area (Å²) in [6.07, 6.45) is -10.7. The van der Waals surface area contributed by atoms with Gasteiger partial charge in [0.2, 0.25) is 0 Å². The summed E-state index contributed by atoms with van der Waals surface area (Å²) < 4.78 is 151. The zero-order valence-corrected chi connectivity index (χ0v) is 89.3. The first-order chi connectivity index (χ1) is 69.5. The Kier molecular flexibility index (Phi) is 21.2. The summed E-state index contributed by atoms with van der Waals surface area (Å²) in [6.45, 7) is 67.0. The zero-order chi connectivity index (χ0) is 112. The molecule has 0 fully saturated rings. The van der Waals surface area contributed by atoms with E-state index in [9.17, 15) is 19.2 Å². The lowest BCUT2D eigenvalue weighted by molar-refractivity contribution is 0.410. The van der Waals surface area contributed by atoms with Gasteiger partial charge < -0.3 is 18.9 Å². The van der Waals surface area contributed by atoms with E-state index in [1.165, 1.54) is 0 Å². The Labute approximate surface area is 852 Å².